The van der Waals surface area contributed by atoms with Gasteiger partial charge in [-0.3, -0.25) is 9.36 Å². The maximum Gasteiger partial charge on any atom is 0.230 e. The topological polar surface area (TPSA) is 69.0 Å². The Morgan fingerprint density at radius 3 is 2.55 bits per heavy atom. The minimum absolute atomic E-state index is 0.0131. The Kier molecular flexibility index (Phi) is 7.50. The molecule has 1 aliphatic rings. The molecule has 0 bridgehead atoms. The molecular weight excluding hydrogens is 432 g/mol. The van der Waals surface area contributed by atoms with E-state index in [4.69, 9.17) is 4.74 Å². The Labute approximate surface area is 200 Å². The summed E-state index contributed by atoms with van der Waals surface area (Å²) >= 11 is 1.42. The molecule has 0 spiro atoms. The summed E-state index contributed by atoms with van der Waals surface area (Å²) in [5.41, 5.74) is 3.54. The highest BCUT2D eigenvalue weighted by atomic mass is 32.2. The van der Waals surface area contributed by atoms with E-state index in [1.807, 2.05) is 18.2 Å². The van der Waals surface area contributed by atoms with E-state index in [2.05, 4.69) is 77.3 Å². The number of ether oxygens (including phenoxy) is 1. The highest BCUT2D eigenvalue weighted by Crippen LogP contribution is 2.28. The van der Waals surface area contributed by atoms with Crippen molar-refractivity contribution in [1.29, 1.82) is 0 Å². The Hall–Kier alpha value is -2.64. The zero-order valence-corrected chi connectivity index (χ0v) is 20.4. The SMILES string of the molecule is CC(C)(C)c1ccc(-c2nnc(SCC(=O)NCC3CCCO3)n2Cc2ccccc2)cc1. The second kappa shape index (κ2) is 10.5. The number of hydrogen-bond acceptors (Lipinski definition) is 5. The van der Waals surface area contributed by atoms with Gasteiger partial charge in [0.2, 0.25) is 5.91 Å². The van der Waals surface area contributed by atoms with Crippen LogP contribution in [0.15, 0.2) is 59.8 Å². The Bertz CT molecular complexity index is 1050. The second-order valence-electron chi connectivity index (χ2n) is 9.43. The molecule has 1 amide bonds. The normalized spacial score (nSPS) is 16.2. The monoisotopic (exact) mass is 464 g/mol. The minimum Gasteiger partial charge on any atom is -0.376 e. The Balaban J connectivity index is 1.51. The molecule has 4 rings (SSSR count). The quantitative estimate of drug-likeness (QED) is 0.490. The highest BCUT2D eigenvalue weighted by molar-refractivity contribution is 7.99. The van der Waals surface area contributed by atoms with Gasteiger partial charge in [0.05, 0.1) is 18.4 Å². The van der Waals surface area contributed by atoms with Crippen molar-refractivity contribution in [3.05, 3.63) is 65.7 Å². The summed E-state index contributed by atoms with van der Waals surface area (Å²) in [4.78, 5) is 12.4. The van der Waals surface area contributed by atoms with Crippen LogP contribution in [-0.4, -0.2) is 45.7 Å². The summed E-state index contributed by atoms with van der Waals surface area (Å²) in [5, 5.41) is 12.7. The van der Waals surface area contributed by atoms with E-state index in [1.54, 1.807) is 0 Å². The third-order valence-electron chi connectivity index (χ3n) is 5.79. The molecule has 1 fully saturated rings. The lowest BCUT2D eigenvalue weighted by Crippen LogP contribution is -2.32. The summed E-state index contributed by atoms with van der Waals surface area (Å²) in [6.45, 7) is 8.62. The standard InChI is InChI=1S/C26H32N4O2S/c1-26(2,3)21-13-11-20(12-14-21)24-28-29-25(30(24)17-19-8-5-4-6-9-19)33-18-23(31)27-16-22-10-7-15-32-22/h4-6,8-9,11-14,22H,7,10,15-18H2,1-3H3,(H,27,31). The van der Waals surface area contributed by atoms with Crippen LogP contribution >= 0.6 is 11.8 Å². The molecule has 0 radical (unpaired) electrons. The zero-order valence-electron chi connectivity index (χ0n) is 19.6. The fourth-order valence-electron chi connectivity index (χ4n) is 3.85. The third kappa shape index (κ3) is 6.24. The third-order valence-corrected chi connectivity index (χ3v) is 6.76. The van der Waals surface area contributed by atoms with Gasteiger partial charge < -0.3 is 10.1 Å². The summed E-state index contributed by atoms with van der Waals surface area (Å²) < 4.78 is 7.68. The molecule has 2 aromatic carbocycles. The number of thioether (sulfide) groups is 1. The maximum atomic E-state index is 12.4. The molecule has 1 aliphatic heterocycles. The van der Waals surface area contributed by atoms with Crippen molar-refractivity contribution < 1.29 is 9.53 Å². The number of rotatable bonds is 8. The minimum atomic E-state index is -0.0131. The van der Waals surface area contributed by atoms with E-state index in [1.165, 1.54) is 17.3 Å². The molecule has 1 atom stereocenters. The zero-order chi connectivity index (χ0) is 23.3. The van der Waals surface area contributed by atoms with Crippen molar-refractivity contribution in [2.24, 2.45) is 0 Å². The predicted octanol–water partition coefficient (Wildman–Crippen LogP) is 4.68. The van der Waals surface area contributed by atoms with Crippen molar-refractivity contribution in [1.82, 2.24) is 20.1 Å². The van der Waals surface area contributed by atoms with Gasteiger partial charge in [0.25, 0.3) is 0 Å². The summed E-state index contributed by atoms with van der Waals surface area (Å²) in [5.74, 6) is 1.09. The largest absolute Gasteiger partial charge is 0.376 e. The van der Waals surface area contributed by atoms with Crippen molar-refractivity contribution in [2.75, 3.05) is 18.9 Å². The number of nitrogens with zero attached hydrogens (tertiary/aromatic N) is 3. The average molecular weight is 465 g/mol. The van der Waals surface area contributed by atoms with Crippen LogP contribution in [0.3, 0.4) is 0 Å². The molecule has 0 saturated carbocycles. The van der Waals surface area contributed by atoms with E-state index in [0.29, 0.717) is 18.8 Å². The molecule has 1 unspecified atom stereocenters. The number of benzene rings is 2. The molecule has 6 nitrogen and oxygen atoms in total. The molecule has 1 N–H and O–H groups in total. The fraction of sp³-hybridized carbons (Fsp3) is 0.423. The van der Waals surface area contributed by atoms with Crippen molar-refractivity contribution >= 4 is 17.7 Å². The van der Waals surface area contributed by atoms with E-state index < -0.39 is 0 Å². The van der Waals surface area contributed by atoms with Gasteiger partial charge in [0.1, 0.15) is 0 Å². The molecular formula is C26H32N4O2S. The van der Waals surface area contributed by atoms with Gasteiger partial charge in [0, 0.05) is 18.7 Å². The molecule has 3 aromatic rings. The van der Waals surface area contributed by atoms with E-state index in [0.717, 1.165) is 41.6 Å². The first-order chi connectivity index (χ1) is 15.9. The first-order valence-corrected chi connectivity index (χ1v) is 12.5. The van der Waals surface area contributed by atoms with Gasteiger partial charge in [-0.15, -0.1) is 10.2 Å². The van der Waals surface area contributed by atoms with Gasteiger partial charge in [-0.2, -0.15) is 0 Å². The van der Waals surface area contributed by atoms with Crippen LogP contribution in [0.25, 0.3) is 11.4 Å². The number of amides is 1. The van der Waals surface area contributed by atoms with Gasteiger partial charge in [-0.1, -0.05) is 87.1 Å². The molecule has 0 aliphatic carbocycles. The second-order valence-corrected chi connectivity index (χ2v) is 10.4. The van der Waals surface area contributed by atoms with E-state index >= 15 is 0 Å². The van der Waals surface area contributed by atoms with Crippen LogP contribution in [0.1, 0.15) is 44.7 Å². The smallest absolute Gasteiger partial charge is 0.230 e. The van der Waals surface area contributed by atoms with E-state index in [9.17, 15) is 4.79 Å². The van der Waals surface area contributed by atoms with Crippen molar-refractivity contribution in [3.63, 3.8) is 0 Å². The number of nitrogens with one attached hydrogen (secondary N) is 1. The summed E-state index contributed by atoms with van der Waals surface area (Å²) in [6, 6.07) is 18.8. The van der Waals surface area contributed by atoms with Gasteiger partial charge >= 0.3 is 0 Å². The van der Waals surface area contributed by atoms with Gasteiger partial charge in [-0.25, -0.2) is 0 Å². The molecule has 7 heteroatoms. The number of carbonyl (C=O) groups excluding carboxylic acids is 1. The summed E-state index contributed by atoms with van der Waals surface area (Å²) in [7, 11) is 0. The van der Waals surface area contributed by atoms with Crippen molar-refractivity contribution in [3.8, 4) is 11.4 Å². The van der Waals surface area contributed by atoms with Crippen molar-refractivity contribution in [2.45, 2.75) is 56.8 Å². The number of aromatic nitrogens is 3. The number of carbonyl (C=O) groups is 1. The van der Waals surface area contributed by atoms with E-state index in [-0.39, 0.29) is 17.4 Å². The summed E-state index contributed by atoms with van der Waals surface area (Å²) in [6.07, 6.45) is 2.22. The predicted molar refractivity (Wildman–Crippen MR) is 132 cm³/mol. The molecule has 1 aromatic heterocycles. The van der Waals surface area contributed by atoms with Gasteiger partial charge in [-0.05, 0) is 29.4 Å². The van der Waals surface area contributed by atoms with Crippen LogP contribution in [0.4, 0.5) is 0 Å². The average Bonchev–Trinajstić information content (AvgIpc) is 3.47. The molecule has 33 heavy (non-hydrogen) atoms. The van der Waals surface area contributed by atoms with Crippen LogP contribution in [0.2, 0.25) is 0 Å². The van der Waals surface area contributed by atoms with Crippen LogP contribution < -0.4 is 5.32 Å². The Morgan fingerprint density at radius 2 is 1.88 bits per heavy atom. The first kappa shape index (κ1) is 23.5. The molecule has 174 valence electrons. The lowest BCUT2D eigenvalue weighted by Gasteiger charge is -2.19. The van der Waals surface area contributed by atoms with Crippen LogP contribution in [0.5, 0.6) is 0 Å². The van der Waals surface area contributed by atoms with Crippen LogP contribution in [-0.2, 0) is 21.5 Å². The first-order valence-electron chi connectivity index (χ1n) is 11.5. The highest BCUT2D eigenvalue weighted by Gasteiger charge is 2.19. The van der Waals surface area contributed by atoms with Gasteiger partial charge in [0.15, 0.2) is 11.0 Å². The fourth-order valence-corrected chi connectivity index (χ4v) is 4.62. The molecule has 2 heterocycles. The van der Waals surface area contributed by atoms with Crippen LogP contribution in [0, 0.1) is 0 Å². The molecule has 1 saturated heterocycles. The lowest BCUT2D eigenvalue weighted by atomic mass is 9.87. The number of hydrogen-bond donors (Lipinski definition) is 1. The Morgan fingerprint density at radius 1 is 1.12 bits per heavy atom. The lowest BCUT2D eigenvalue weighted by molar-refractivity contribution is -0.119. The maximum absolute atomic E-state index is 12.4.